The van der Waals surface area contributed by atoms with Crippen LogP contribution in [0.25, 0.3) is 0 Å². The number of carbonyl (C=O) groups is 11. The third kappa shape index (κ3) is 20.8. The number of likely N-dealkylation sites (N-methyl/N-ethyl adjacent to an activating group) is 8. The minimum atomic E-state index is -1.61. The minimum Gasteiger partial charge on any atom is -0.390 e. The zero-order valence-electron chi connectivity index (χ0n) is 55.0. The van der Waals surface area contributed by atoms with Crippen molar-refractivity contribution in [3.05, 3.63) is 12.2 Å². The van der Waals surface area contributed by atoms with Crippen molar-refractivity contribution in [2.45, 2.75) is 202 Å². The lowest BCUT2D eigenvalue weighted by atomic mass is 9.91. The Balaban J connectivity index is 4.29. The van der Waals surface area contributed by atoms with Crippen molar-refractivity contribution in [2.75, 3.05) is 69.5 Å². The summed E-state index contributed by atoms with van der Waals surface area (Å²) in [5.41, 5.74) is 0. The highest BCUT2D eigenvalue weighted by molar-refractivity contribution is 5.99. The van der Waals surface area contributed by atoms with Crippen LogP contribution in [-0.4, -0.2) is 240 Å². The summed E-state index contributed by atoms with van der Waals surface area (Å²) in [5, 5.41) is 25.8. The molecule has 84 heavy (non-hydrogen) atoms. The average molecular weight is 1190 g/mol. The molecule has 0 bridgehead atoms. The molecule has 1 heterocycles. The van der Waals surface area contributed by atoms with E-state index in [9.17, 15) is 48.3 Å². The van der Waals surface area contributed by atoms with E-state index in [4.69, 9.17) is 0 Å². The summed E-state index contributed by atoms with van der Waals surface area (Å²) in [7, 11) is 11.4. The Kier molecular flexibility index (Phi) is 31.3. The van der Waals surface area contributed by atoms with Crippen LogP contribution in [0.15, 0.2) is 12.2 Å². The van der Waals surface area contributed by atoms with E-state index in [0.29, 0.717) is 6.42 Å². The highest BCUT2D eigenvalue weighted by atomic mass is 16.3. The summed E-state index contributed by atoms with van der Waals surface area (Å²) in [5.74, 6) is -9.76. The molecule has 0 saturated carbocycles. The topological polar surface area (TPSA) is 291 Å². The second-order valence-electron chi connectivity index (χ2n) is 25.0. The summed E-state index contributed by atoms with van der Waals surface area (Å²) < 4.78 is 0. The molecule has 0 aromatic carbocycles. The van der Waals surface area contributed by atoms with Gasteiger partial charge in [-0.05, 0) is 95.4 Å². The van der Waals surface area contributed by atoms with Gasteiger partial charge in [-0.2, -0.15) is 0 Å². The van der Waals surface area contributed by atoms with Gasteiger partial charge in [-0.1, -0.05) is 95.2 Å². The second-order valence-corrected chi connectivity index (χ2v) is 25.0. The molecule has 480 valence electrons. The second kappa shape index (κ2) is 34.7. The number of aliphatic hydroxyl groups excluding tert-OH is 1. The molecule has 1 rings (SSSR count). The maximum atomic E-state index is 15.1. The first-order valence-corrected chi connectivity index (χ1v) is 29.9. The van der Waals surface area contributed by atoms with Crippen molar-refractivity contribution in [3.63, 3.8) is 0 Å². The molecule has 11 amide bonds. The number of aliphatic hydroxyl groups is 1. The molecule has 24 heteroatoms. The van der Waals surface area contributed by atoms with E-state index in [1.165, 1.54) is 82.8 Å². The number of carbonyl (C=O) groups excluding carboxylic acids is 11. The van der Waals surface area contributed by atoms with Crippen molar-refractivity contribution in [1.29, 1.82) is 0 Å². The zero-order chi connectivity index (χ0) is 65.1. The van der Waals surface area contributed by atoms with Crippen molar-refractivity contribution < 1.29 is 57.8 Å². The first-order valence-electron chi connectivity index (χ1n) is 29.9. The first-order chi connectivity index (χ1) is 38.9. The monoisotopic (exact) mass is 1190 g/mol. The zero-order valence-corrected chi connectivity index (χ0v) is 55.0. The molecule has 0 spiro atoms. The Morgan fingerprint density at radius 2 is 0.964 bits per heavy atom. The van der Waals surface area contributed by atoms with Crippen LogP contribution in [-0.2, 0) is 52.7 Å². The molecule has 1 saturated heterocycles. The summed E-state index contributed by atoms with van der Waals surface area (Å²) in [6, 6.07) is -12.5. The lowest BCUT2D eigenvalue weighted by Crippen LogP contribution is -2.63. The van der Waals surface area contributed by atoms with Gasteiger partial charge in [-0.15, -0.1) is 0 Å². The third-order valence-electron chi connectivity index (χ3n) is 15.8. The Labute approximate surface area is 501 Å². The van der Waals surface area contributed by atoms with Crippen LogP contribution in [0.1, 0.15) is 136 Å². The van der Waals surface area contributed by atoms with Crippen LogP contribution in [0, 0.1) is 35.5 Å². The van der Waals surface area contributed by atoms with E-state index in [1.807, 2.05) is 41.5 Å². The standard InChI is InChI=1S/C60H108N12O12/c1-24-26-27-38(13)50(74)49-54(78)64-41(25-2)56(80)66(17)32-46(73)67(18)45(31-61-16)53(77)65-47(36(9)10)59(83)68(19)42(28-33(3)4)52(76)62-39(14)51(75)63-40(15)55(79)69(20)43(29-34(5)6)57(81)70(21)44(30-35(7)8)58(82)71(22)48(37(11)12)60(84)72(49)23/h24,26,33-45,47-50,61,74H,25,27-32H2,1-23H3,(H,62,76)(H,63,75)(H,64,78)(H,65,77)/t38-,39+,40-,41+,42+,43+,44+,45+,47+,48+,49+,50-/m1/s1. The summed E-state index contributed by atoms with van der Waals surface area (Å²) in [6.07, 6.45) is 2.85. The molecule has 6 N–H and O–H groups in total. The number of amides is 11. The molecule has 0 aliphatic carbocycles. The third-order valence-corrected chi connectivity index (χ3v) is 15.8. The molecule has 24 nitrogen and oxygen atoms in total. The van der Waals surface area contributed by atoms with Gasteiger partial charge in [0.25, 0.3) is 0 Å². The molecular weight excluding hydrogens is 1080 g/mol. The molecule has 0 radical (unpaired) electrons. The van der Waals surface area contributed by atoms with E-state index < -0.39 is 156 Å². The van der Waals surface area contributed by atoms with Crippen LogP contribution in [0.5, 0.6) is 0 Å². The maximum absolute atomic E-state index is 15.1. The van der Waals surface area contributed by atoms with Gasteiger partial charge in [0, 0.05) is 55.9 Å². The van der Waals surface area contributed by atoms with Gasteiger partial charge in [0.1, 0.15) is 60.4 Å². The number of allylic oxidation sites excluding steroid dienone is 2. The highest BCUT2D eigenvalue weighted by Gasteiger charge is 2.45. The molecule has 0 unspecified atom stereocenters. The Morgan fingerprint density at radius 3 is 1.43 bits per heavy atom. The predicted octanol–water partition coefficient (Wildman–Crippen LogP) is 1.44. The van der Waals surface area contributed by atoms with E-state index in [0.717, 1.165) is 14.7 Å². The molecule has 0 aromatic rings. The van der Waals surface area contributed by atoms with Crippen LogP contribution >= 0.6 is 0 Å². The maximum Gasteiger partial charge on any atom is 0.246 e. The Bertz CT molecular complexity index is 2290. The fraction of sp³-hybridized carbons (Fsp3) is 0.783. The van der Waals surface area contributed by atoms with E-state index in [-0.39, 0.29) is 50.0 Å². The lowest BCUT2D eigenvalue weighted by molar-refractivity contribution is -0.157. The summed E-state index contributed by atoms with van der Waals surface area (Å²) >= 11 is 0. The van der Waals surface area contributed by atoms with Crippen molar-refractivity contribution >= 4 is 65.0 Å². The molecule has 1 fully saturated rings. The van der Waals surface area contributed by atoms with Crippen LogP contribution < -0.4 is 26.6 Å². The van der Waals surface area contributed by atoms with Gasteiger partial charge >= 0.3 is 0 Å². The average Bonchev–Trinajstić information content (AvgIpc) is 3.46. The van der Waals surface area contributed by atoms with Crippen LogP contribution in [0.2, 0.25) is 0 Å². The van der Waals surface area contributed by atoms with E-state index >= 15 is 9.59 Å². The molecular formula is C60H108N12O12. The highest BCUT2D eigenvalue weighted by Crippen LogP contribution is 2.25. The fourth-order valence-electron chi connectivity index (χ4n) is 10.4. The van der Waals surface area contributed by atoms with E-state index in [1.54, 1.807) is 67.7 Å². The normalized spacial score (nSPS) is 27.0. The lowest BCUT2D eigenvalue weighted by Gasteiger charge is -2.41. The predicted molar refractivity (Wildman–Crippen MR) is 323 cm³/mol. The molecule has 1 aliphatic heterocycles. The van der Waals surface area contributed by atoms with Gasteiger partial charge in [0.05, 0.1) is 12.6 Å². The van der Waals surface area contributed by atoms with Crippen LogP contribution in [0.4, 0.5) is 0 Å². The van der Waals surface area contributed by atoms with Gasteiger partial charge in [-0.3, -0.25) is 52.7 Å². The molecule has 0 aromatic heterocycles. The van der Waals surface area contributed by atoms with Gasteiger partial charge in [0.2, 0.25) is 65.0 Å². The first kappa shape index (κ1) is 75.8. The number of nitrogens with zero attached hydrogens (tertiary/aromatic N) is 7. The summed E-state index contributed by atoms with van der Waals surface area (Å²) in [4.78, 5) is 168. The van der Waals surface area contributed by atoms with Gasteiger partial charge in [-0.25, -0.2) is 0 Å². The number of hydrogen-bond donors (Lipinski definition) is 6. The molecule has 1 aliphatic rings. The largest absolute Gasteiger partial charge is 0.390 e. The number of rotatable bonds is 15. The number of hydrogen-bond acceptors (Lipinski definition) is 13. The minimum absolute atomic E-state index is 0.0153. The van der Waals surface area contributed by atoms with Crippen molar-refractivity contribution in [1.82, 2.24) is 60.9 Å². The molecule has 12 atom stereocenters. The SMILES string of the molecule is CC=CC[C@@H](C)[C@@H](O)[C@H]1C(=O)N[C@@H](CC)C(=O)N(C)CC(=O)N(C)[C@@H](CNC)C(=O)N[C@@H](C(C)C)C(=O)N(C)[C@@H](CC(C)C)C(=O)N[C@@H](C)C(=O)N[C@H](C)C(=O)N(C)[C@@H](CC(C)C)C(=O)N(C)[C@@H](CC(C)C)C(=O)N(C)[C@@H](C(C)C)C(=O)N1C. The Hall–Kier alpha value is -6.17. The fourth-order valence-corrected chi connectivity index (χ4v) is 10.4. The smallest absolute Gasteiger partial charge is 0.246 e. The quantitative estimate of drug-likeness (QED) is 0.127. The van der Waals surface area contributed by atoms with E-state index in [2.05, 4.69) is 26.6 Å². The van der Waals surface area contributed by atoms with Crippen LogP contribution in [0.3, 0.4) is 0 Å². The Morgan fingerprint density at radius 1 is 0.512 bits per heavy atom. The van der Waals surface area contributed by atoms with Crippen molar-refractivity contribution in [2.24, 2.45) is 35.5 Å². The van der Waals surface area contributed by atoms with Crippen molar-refractivity contribution in [3.8, 4) is 0 Å². The van der Waals surface area contributed by atoms with Gasteiger partial charge in [0.15, 0.2) is 0 Å². The van der Waals surface area contributed by atoms with Gasteiger partial charge < -0.3 is 66.0 Å². The number of nitrogens with one attached hydrogen (secondary N) is 5. The summed E-state index contributed by atoms with van der Waals surface area (Å²) in [6.45, 7) is 25.4.